The number of aromatic nitrogens is 5. The summed E-state index contributed by atoms with van der Waals surface area (Å²) in [5.74, 6) is -1.56. The molecule has 1 aromatic carbocycles. The zero-order valence-electron chi connectivity index (χ0n) is 18.9. The molecule has 4 heterocycles. The highest BCUT2D eigenvalue weighted by Gasteiger charge is 2.70. The Morgan fingerprint density at radius 1 is 1.06 bits per heavy atom. The Labute approximate surface area is 199 Å². The molecule has 0 radical (unpaired) electrons. The molecule has 4 aromatic rings. The van der Waals surface area contributed by atoms with Crippen LogP contribution in [0.2, 0.25) is 0 Å². The molecule has 3 aromatic heterocycles. The lowest BCUT2D eigenvalue weighted by atomic mass is 9.41. The number of nitrogens with one attached hydrogen (secondary N) is 1. The van der Waals surface area contributed by atoms with E-state index in [1.54, 1.807) is 24.7 Å². The van der Waals surface area contributed by atoms with Crippen molar-refractivity contribution in [2.45, 2.75) is 25.8 Å². The van der Waals surface area contributed by atoms with Crippen LogP contribution < -0.4 is 10.2 Å². The average molecular weight is 477 g/mol. The number of halogens is 3. The molecule has 7 rings (SSSR count). The third-order valence-corrected chi connectivity index (χ3v) is 8.26. The van der Waals surface area contributed by atoms with Gasteiger partial charge in [0, 0.05) is 54.1 Å². The molecular formula is C25H22F3N7. The minimum atomic E-state index is -1.50. The quantitative estimate of drug-likeness (QED) is 0.444. The second-order valence-electron chi connectivity index (χ2n) is 9.90. The maximum Gasteiger partial charge on any atom is 0.243 e. The molecule has 3 aliphatic rings. The van der Waals surface area contributed by atoms with E-state index in [2.05, 4.69) is 30.3 Å². The first-order chi connectivity index (χ1) is 16.9. The van der Waals surface area contributed by atoms with Gasteiger partial charge in [-0.1, -0.05) is 0 Å². The van der Waals surface area contributed by atoms with E-state index < -0.39 is 17.5 Å². The smallest absolute Gasteiger partial charge is 0.243 e. The lowest BCUT2D eigenvalue weighted by Crippen LogP contribution is -2.68. The molecule has 2 saturated carbocycles. The van der Waals surface area contributed by atoms with Crippen LogP contribution in [0.1, 0.15) is 18.5 Å². The fourth-order valence-electron chi connectivity index (χ4n) is 6.51. The number of rotatable bonds is 4. The van der Waals surface area contributed by atoms with Gasteiger partial charge in [-0.15, -0.1) is 5.10 Å². The van der Waals surface area contributed by atoms with Gasteiger partial charge < -0.3 is 10.2 Å². The van der Waals surface area contributed by atoms with Gasteiger partial charge in [-0.2, -0.15) is 4.98 Å². The van der Waals surface area contributed by atoms with Crippen molar-refractivity contribution in [3.8, 4) is 11.1 Å². The molecule has 178 valence electrons. The minimum absolute atomic E-state index is 0.0540. The molecule has 1 saturated heterocycles. The van der Waals surface area contributed by atoms with E-state index in [0.29, 0.717) is 34.4 Å². The van der Waals surface area contributed by atoms with Crippen molar-refractivity contribution in [1.82, 2.24) is 24.6 Å². The van der Waals surface area contributed by atoms with E-state index in [-0.39, 0.29) is 11.6 Å². The Morgan fingerprint density at radius 2 is 1.94 bits per heavy atom. The van der Waals surface area contributed by atoms with Crippen LogP contribution >= 0.6 is 0 Å². The van der Waals surface area contributed by atoms with Crippen LogP contribution in [0.4, 0.5) is 24.9 Å². The summed E-state index contributed by atoms with van der Waals surface area (Å²) in [5.41, 5.74) is 1.93. The van der Waals surface area contributed by atoms with Gasteiger partial charge in [0.1, 0.15) is 12.1 Å². The lowest BCUT2D eigenvalue weighted by molar-refractivity contribution is -0.117. The van der Waals surface area contributed by atoms with Crippen molar-refractivity contribution in [3.05, 3.63) is 66.0 Å². The molecule has 3 fully saturated rings. The number of hydrogen-bond acceptors (Lipinski definition) is 6. The minimum Gasteiger partial charge on any atom is -0.356 e. The van der Waals surface area contributed by atoms with Crippen molar-refractivity contribution in [2.75, 3.05) is 23.3 Å². The normalized spacial score (nSPS) is 26.7. The summed E-state index contributed by atoms with van der Waals surface area (Å²) in [7, 11) is 0. The predicted octanol–water partition coefficient (Wildman–Crippen LogP) is 4.24. The van der Waals surface area contributed by atoms with Crippen LogP contribution in [0, 0.1) is 41.6 Å². The summed E-state index contributed by atoms with van der Waals surface area (Å²) in [6.07, 6.45) is 5.69. The third kappa shape index (κ3) is 2.85. The van der Waals surface area contributed by atoms with Gasteiger partial charge in [0.2, 0.25) is 5.95 Å². The Morgan fingerprint density at radius 3 is 2.74 bits per heavy atom. The molecule has 10 heteroatoms. The predicted molar refractivity (Wildman–Crippen MR) is 123 cm³/mol. The lowest BCUT2D eigenvalue weighted by Gasteiger charge is -2.65. The topological polar surface area (TPSA) is 71.2 Å². The maximum atomic E-state index is 14.5. The van der Waals surface area contributed by atoms with Crippen LogP contribution in [0.15, 0.2) is 42.9 Å². The molecular weight excluding hydrogens is 455 g/mol. The van der Waals surface area contributed by atoms with Crippen LogP contribution in [0.3, 0.4) is 0 Å². The van der Waals surface area contributed by atoms with Crippen molar-refractivity contribution >= 4 is 17.4 Å². The molecule has 0 amide bonds. The van der Waals surface area contributed by atoms with E-state index in [9.17, 15) is 13.2 Å². The monoisotopic (exact) mass is 477 g/mol. The number of hydrogen-bond donors (Lipinski definition) is 1. The van der Waals surface area contributed by atoms with Gasteiger partial charge in [0.05, 0.1) is 0 Å². The van der Waals surface area contributed by atoms with Gasteiger partial charge in [-0.25, -0.2) is 27.7 Å². The van der Waals surface area contributed by atoms with Gasteiger partial charge >= 0.3 is 0 Å². The Balaban J connectivity index is 1.18. The van der Waals surface area contributed by atoms with Gasteiger partial charge in [0.15, 0.2) is 23.1 Å². The highest BCUT2D eigenvalue weighted by Crippen LogP contribution is 2.68. The fraction of sp³-hybridized carbons (Fsp3) is 0.360. The third-order valence-electron chi connectivity index (χ3n) is 8.26. The maximum absolute atomic E-state index is 14.5. The largest absolute Gasteiger partial charge is 0.356 e. The zero-order chi connectivity index (χ0) is 23.9. The SMILES string of the molecule is Cc1cc(N2CC3C(Nc4nc5c(-c6ccc(F)c(F)c6F)cccn5n4)C4CCC43C2)ncn1. The molecule has 4 unspecified atom stereocenters. The Bertz CT molecular complexity index is 1490. The van der Waals surface area contributed by atoms with Crippen molar-refractivity contribution in [2.24, 2.45) is 17.3 Å². The molecule has 1 aliphatic heterocycles. The molecule has 4 atom stereocenters. The van der Waals surface area contributed by atoms with Crippen molar-refractivity contribution in [1.29, 1.82) is 0 Å². The second-order valence-corrected chi connectivity index (χ2v) is 9.90. The van der Waals surface area contributed by atoms with E-state index in [0.717, 1.165) is 37.1 Å². The summed E-state index contributed by atoms with van der Waals surface area (Å²) in [6, 6.07) is 7.71. The molecule has 1 N–H and O–H groups in total. The van der Waals surface area contributed by atoms with E-state index >= 15 is 0 Å². The number of anilines is 2. The van der Waals surface area contributed by atoms with E-state index in [4.69, 9.17) is 0 Å². The van der Waals surface area contributed by atoms with Gasteiger partial charge in [0.25, 0.3) is 0 Å². The zero-order valence-corrected chi connectivity index (χ0v) is 18.9. The first-order valence-electron chi connectivity index (χ1n) is 11.7. The molecule has 1 spiro atoms. The fourth-order valence-corrected chi connectivity index (χ4v) is 6.51. The summed E-state index contributed by atoms with van der Waals surface area (Å²) >= 11 is 0. The summed E-state index contributed by atoms with van der Waals surface area (Å²) < 4.78 is 43.4. The Kier molecular flexibility index (Phi) is 4.23. The number of fused-ring (bicyclic) bond motifs is 1. The summed E-state index contributed by atoms with van der Waals surface area (Å²) in [4.78, 5) is 15.7. The summed E-state index contributed by atoms with van der Waals surface area (Å²) in [5, 5.41) is 8.08. The second kappa shape index (κ2) is 7.16. The number of nitrogens with zero attached hydrogens (tertiary/aromatic N) is 6. The number of pyridine rings is 1. The van der Waals surface area contributed by atoms with Gasteiger partial charge in [-0.05, 0) is 55.4 Å². The first-order valence-corrected chi connectivity index (χ1v) is 11.7. The van der Waals surface area contributed by atoms with Crippen LogP contribution in [0.25, 0.3) is 16.8 Å². The van der Waals surface area contributed by atoms with Crippen LogP contribution in [-0.2, 0) is 0 Å². The number of benzene rings is 1. The van der Waals surface area contributed by atoms with Crippen molar-refractivity contribution < 1.29 is 13.2 Å². The average Bonchev–Trinajstić information content (AvgIpc) is 3.43. The molecule has 7 nitrogen and oxygen atoms in total. The van der Waals surface area contributed by atoms with Gasteiger partial charge in [-0.3, -0.25) is 0 Å². The van der Waals surface area contributed by atoms with Crippen LogP contribution in [0.5, 0.6) is 0 Å². The Hall–Kier alpha value is -3.69. The van der Waals surface area contributed by atoms with Crippen LogP contribution in [-0.4, -0.2) is 43.7 Å². The standard InChI is InChI=1S/C25H22F3N7/c1-13-9-19(30-12-29-13)34-10-17-22(16-6-7-25(16,17)11-34)31-24-32-23-15(3-2-8-35(23)33-24)14-4-5-18(26)21(28)20(14)27/h2-5,8-9,12,16-17,22H,6-7,10-11H2,1H3,(H,31,33). The summed E-state index contributed by atoms with van der Waals surface area (Å²) in [6.45, 7) is 3.87. The van der Waals surface area contributed by atoms with E-state index in [1.807, 2.05) is 13.0 Å². The first kappa shape index (κ1) is 20.7. The highest BCUT2D eigenvalue weighted by atomic mass is 19.2. The molecule has 0 bridgehead atoms. The molecule has 2 aliphatic carbocycles. The van der Waals surface area contributed by atoms with Crippen molar-refractivity contribution in [3.63, 3.8) is 0 Å². The molecule has 35 heavy (non-hydrogen) atoms. The number of aryl methyl sites for hydroxylation is 1. The highest BCUT2D eigenvalue weighted by molar-refractivity contribution is 5.78. The van der Waals surface area contributed by atoms with E-state index in [1.165, 1.54) is 17.0 Å².